The van der Waals surface area contributed by atoms with Crippen molar-refractivity contribution in [3.05, 3.63) is 44.6 Å². The van der Waals surface area contributed by atoms with E-state index in [0.29, 0.717) is 24.3 Å². The number of aryl methyl sites for hydroxylation is 1. The first kappa shape index (κ1) is 21.3. The Kier molecular flexibility index (Phi) is 6.55. The number of H-pyrrole nitrogens is 2. The molecule has 1 saturated heterocycles. The molecule has 2 heterocycles. The highest BCUT2D eigenvalue weighted by Crippen LogP contribution is 2.26. The van der Waals surface area contributed by atoms with E-state index in [-0.39, 0.29) is 15.7 Å². The summed E-state index contributed by atoms with van der Waals surface area (Å²) in [6.45, 7) is 2.71. The lowest BCUT2D eigenvalue weighted by molar-refractivity contribution is -0.113. The van der Waals surface area contributed by atoms with E-state index in [1.165, 1.54) is 10.4 Å². The molecule has 3 rings (SSSR count). The standard InChI is InChI=1S/C17H21N5O5S2/c1-11-5-6-12(9-13(11)29(26,27)22-7-3-2-4-8-22)18-14(23)10-28-16-15(24)19-17(25)21-20-16/h5-6,9H,2-4,7-8,10H2,1H3,(H,18,23)(H2,19,21,24,25). The number of carbonyl (C=O) groups is 1. The van der Waals surface area contributed by atoms with Gasteiger partial charge in [-0.2, -0.15) is 9.40 Å². The molecule has 0 aliphatic carbocycles. The van der Waals surface area contributed by atoms with Crippen molar-refractivity contribution in [2.75, 3.05) is 24.2 Å². The van der Waals surface area contributed by atoms with Crippen LogP contribution in [0, 0.1) is 6.92 Å². The van der Waals surface area contributed by atoms with Gasteiger partial charge in [0, 0.05) is 18.8 Å². The van der Waals surface area contributed by atoms with Crippen LogP contribution in [0.25, 0.3) is 0 Å². The van der Waals surface area contributed by atoms with Crippen molar-refractivity contribution in [1.29, 1.82) is 0 Å². The van der Waals surface area contributed by atoms with Gasteiger partial charge in [-0.3, -0.25) is 14.6 Å². The van der Waals surface area contributed by atoms with E-state index in [0.717, 1.165) is 31.0 Å². The molecular formula is C17H21N5O5S2. The van der Waals surface area contributed by atoms with Gasteiger partial charge in [0.15, 0.2) is 5.03 Å². The number of rotatable bonds is 6. The molecule has 3 N–H and O–H groups in total. The zero-order valence-electron chi connectivity index (χ0n) is 15.7. The minimum Gasteiger partial charge on any atom is -0.325 e. The van der Waals surface area contributed by atoms with Gasteiger partial charge in [-0.1, -0.05) is 24.2 Å². The van der Waals surface area contributed by atoms with Crippen molar-refractivity contribution < 1.29 is 13.2 Å². The smallest absolute Gasteiger partial charge is 0.325 e. The third-order valence-electron chi connectivity index (χ3n) is 4.43. The molecule has 0 bridgehead atoms. The van der Waals surface area contributed by atoms with E-state index < -0.39 is 27.2 Å². The molecule has 156 valence electrons. The maximum Gasteiger partial charge on any atom is 0.342 e. The van der Waals surface area contributed by atoms with Crippen LogP contribution in [-0.2, 0) is 14.8 Å². The summed E-state index contributed by atoms with van der Waals surface area (Å²) in [5, 5.41) is 8.26. The summed E-state index contributed by atoms with van der Waals surface area (Å²) in [5.41, 5.74) is -0.463. The van der Waals surface area contributed by atoms with Crippen LogP contribution < -0.4 is 16.6 Å². The number of hydrogen-bond donors (Lipinski definition) is 3. The van der Waals surface area contributed by atoms with Gasteiger partial charge in [0.25, 0.3) is 5.56 Å². The summed E-state index contributed by atoms with van der Waals surface area (Å²) < 4.78 is 27.4. The third-order valence-corrected chi connectivity index (χ3v) is 7.42. The minimum absolute atomic E-state index is 0.0444. The van der Waals surface area contributed by atoms with Gasteiger partial charge in [-0.15, -0.1) is 0 Å². The number of piperidine rings is 1. The normalized spacial score (nSPS) is 15.2. The molecule has 0 spiro atoms. The lowest BCUT2D eigenvalue weighted by Crippen LogP contribution is -2.36. The fourth-order valence-electron chi connectivity index (χ4n) is 2.97. The summed E-state index contributed by atoms with van der Waals surface area (Å²) >= 11 is 0.855. The predicted molar refractivity (Wildman–Crippen MR) is 109 cm³/mol. The van der Waals surface area contributed by atoms with E-state index in [2.05, 4.69) is 15.5 Å². The Morgan fingerprint density at radius 3 is 2.66 bits per heavy atom. The molecule has 0 radical (unpaired) electrons. The first-order valence-corrected chi connectivity index (χ1v) is 11.4. The molecule has 0 unspecified atom stereocenters. The monoisotopic (exact) mass is 439 g/mol. The van der Waals surface area contributed by atoms with Gasteiger partial charge < -0.3 is 5.32 Å². The number of nitrogens with one attached hydrogen (secondary N) is 3. The Morgan fingerprint density at radius 2 is 1.97 bits per heavy atom. The Hall–Kier alpha value is -2.44. The first-order valence-electron chi connectivity index (χ1n) is 9.00. The van der Waals surface area contributed by atoms with Crippen molar-refractivity contribution in [3.8, 4) is 0 Å². The van der Waals surface area contributed by atoms with Crippen LogP contribution in [0.4, 0.5) is 5.69 Å². The van der Waals surface area contributed by atoms with Gasteiger partial charge in [-0.25, -0.2) is 18.3 Å². The zero-order valence-corrected chi connectivity index (χ0v) is 17.4. The highest BCUT2D eigenvalue weighted by atomic mass is 32.2. The number of aromatic amines is 2. The topological polar surface area (TPSA) is 145 Å². The van der Waals surface area contributed by atoms with E-state index in [9.17, 15) is 22.8 Å². The van der Waals surface area contributed by atoms with Gasteiger partial charge >= 0.3 is 5.69 Å². The zero-order chi connectivity index (χ0) is 21.0. The van der Waals surface area contributed by atoms with E-state index in [4.69, 9.17) is 0 Å². The Morgan fingerprint density at radius 1 is 1.24 bits per heavy atom. The van der Waals surface area contributed by atoms with Gasteiger partial charge in [0.2, 0.25) is 15.9 Å². The van der Waals surface area contributed by atoms with Crippen molar-refractivity contribution in [1.82, 2.24) is 19.5 Å². The second-order valence-electron chi connectivity index (χ2n) is 6.59. The Balaban J connectivity index is 1.71. The highest BCUT2D eigenvalue weighted by Gasteiger charge is 2.27. The van der Waals surface area contributed by atoms with Crippen LogP contribution in [0.15, 0.2) is 37.7 Å². The average Bonchev–Trinajstić information content (AvgIpc) is 2.69. The Bertz CT molecular complexity index is 1120. The van der Waals surface area contributed by atoms with E-state index in [1.54, 1.807) is 19.1 Å². The second-order valence-corrected chi connectivity index (χ2v) is 9.46. The van der Waals surface area contributed by atoms with Crippen molar-refractivity contribution in [3.63, 3.8) is 0 Å². The highest BCUT2D eigenvalue weighted by molar-refractivity contribution is 7.99. The van der Waals surface area contributed by atoms with Gasteiger partial charge in [-0.05, 0) is 37.5 Å². The van der Waals surface area contributed by atoms with Crippen LogP contribution in [0.5, 0.6) is 0 Å². The third kappa shape index (κ3) is 5.14. The SMILES string of the molecule is Cc1ccc(NC(=O)CSc2n[nH]c(=O)[nH]c2=O)cc1S(=O)(=O)N1CCCCC1. The van der Waals surface area contributed by atoms with E-state index >= 15 is 0 Å². The number of carbonyl (C=O) groups excluding carboxylic acids is 1. The number of anilines is 1. The number of aromatic nitrogens is 3. The summed E-state index contributed by atoms with van der Waals surface area (Å²) in [6.07, 6.45) is 2.69. The second kappa shape index (κ2) is 8.93. The quantitative estimate of drug-likeness (QED) is 0.561. The predicted octanol–water partition coefficient (Wildman–Crippen LogP) is 0.672. The lowest BCUT2D eigenvalue weighted by atomic mass is 10.2. The van der Waals surface area contributed by atoms with Gasteiger partial charge in [0.05, 0.1) is 10.6 Å². The largest absolute Gasteiger partial charge is 0.342 e. The maximum absolute atomic E-state index is 13.0. The number of thioether (sulfide) groups is 1. The molecule has 10 nitrogen and oxygen atoms in total. The molecular weight excluding hydrogens is 418 g/mol. The fourth-order valence-corrected chi connectivity index (χ4v) is 5.37. The molecule has 1 amide bonds. The number of nitrogens with zero attached hydrogens (tertiary/aromatic N) is 2. The minimum atomic E-state index is -3.63. The molecule has 12 heteroatoms. The molecule has 2 aromatic rings. The number of hydrogen-bond acceptors (Lipinski definition) is 7. The van der Waals surface area contributed by atoms with Crippen LogP contribution in [0.3, 0.4) is 0 Å². The molecule has 0 saturated carbocycles. The number of benzene rings is 1. The van der Waals surface area contributed by atoms with Crippen LogP contribution in [-0.4, -0.2) is 52.7 Å². The van der Waals surface area contributed by atoms with Crippen LogP contribution >= 0.6 is 11.8 Å². The summed E-state index contributed by atoms with van der Waals surface area (Å²) in [4.78, 5) is 37.0. The molecule has 1 aromatic heterocycles. The fraction of sp³-hybridized carbons (Fsp3) is 0.412. The summed E-state index contributed by atoms with van der Waals surface area (Å²) in [5.74, 6) is -0.572. The lowest BCUT2D eigenvalue weighted by Gasteiger charge is -2.26. The van der Waals surface area contributed by atoms with Crippen LogP contribution in [0.1, 0.15) is 24.8 Å². The Labute approximate surface area is 171 Å². The van der Waals surface area contributed by atoms with Gasteiger partial charge in [0.1, 0.15) is 0 Å². The molecule has 1 aliphatic heterocycles. The molecule has 0 atom stereocenters. The number of amides is 1. The van der Waals surface area contributed by atoms with Crippen LogP contribution in [0.2, 0.25) is 0 Å². The maximum atomic E-state index is 13.0. The van der Waals surface area contributed by atoms with Crippen molar-refractivity contribution in [2.45, 2.75) is 36.1 Å². The molecule has 1 fully saturated rings. The molecule has 1 aliphatic rings. The van der Waals surface area contributed by atoms with Crippen molar-refractivity contribution in [2.24, 2.45) is 0 Å². The molecule has 29 heavy (non-hydrogen) atoms. The summed E-state index contributed by atoms with van der Waals surface area (Å²) in [6, 6.07) is 4.72. The van der Waals surface area contributed by atoms with Crippen molar-refractivity contribution >= 4 is 33.4 Å². The first-order chi connectivity index (χ1) is 13.8. The molecule has 1 aromatic carbocycles. The summed E-state index contributed by atoms with van der Waals surface area (Å²) in [7, 11) is -3.63. The average molecular weight is 440 g/mol. The number of sulfonamides is 1. The van der Waals surface area contributed by atoms with E-state index in [1.807, 2.05) is 4.98 Å².